The van der Waals surface area contributed by atoms with Crippen LogP contribution in [0.2, 0.25) is 0 Å². The number of allylic oxidation sites excluding steroid dienone is 20. The van der Waals surface area contributed by atoms with Crippen LogP contribution in [0.1, 0.15) is 168 Å². The number of carbonyl (C=O) groups is 3. The first-order chi connectivity index (χ1) is 28.5. The highest BCUT2D eigenvalue weighted by molar-refractivity contribution is 5.71. The fraction of sp³-hybridized carbons (Fsp3) is 0.558. The molecule has 6 heteroatoms. The zero-order chi connectivity index (χ0) is 42.3. The molecular weight excluding hydrogens is 721 g/mol. The Bertz CT molecular complexity index is 1290. The van der Waals surface area contributed by atoms with E-state index in [0.717, 1.165) is 103 Å². The molecule has 0 rings (SSSR count). The van der Waals surface area contributed by atoms with Gasteiger partial charge < -0.3 is 14.2 Å². The van der Waals surface area contributed by atoms with Crippen molar-refractivity contribution in [2.45, 2.75) is 175 Å². The van der Waals surface area contributed by atoms with E-state index in [9.17, 15) is 14.4 Å². The van der Waals surface area contributed by atoms with Crippen LogP contribution in [-0.2, 0) is 28.6 Å². The van der Waals surface area contributed by atoms with Crippen molar-refractivity contribution in [3.05, 3.63) is 122 Å². The fourth-order valence-corrected chi connectivity index (χ4v) is 5.47. The minimum atomic E-state index is -0.828. The Labute approximate surface area is 354 Å². The number of hydrogen-bond donors (Lipinski definition) is 0. The highest BCUT2D eigenvalue weighted by Crippen LogP contribution is 2.12. The van der Waals surface area contributed by atoms with Crippen molar-refractivity contribution >= 4 is 17.9 Å². The maximum atomic E-state index is 12.7. The molecular formula is C52H80O6. The first-order valence-electron chi connectivity index (χ1n) is 22.6. The second-order valence-corrected chi connectivity index (χ2v) is 14.2. The van der Waals surface area contributed by atoms with Crippen molar-refractivity contribution in [3.8, 4) is 0 Å². The van der Waals surface area contributed by atoms with E-state index >= 15 is 0 Å². The number of carbonyl (C=O) groups excluding carboxylic acids is 3. The Morgan fingerprint density at radius 3 is 1.29 bits per heavy atom. The molecule has 0 fully saturated rings. The first-order valence-corrected chi connectivity index (χ1v) is 22.6. The Balaban J connectivity index is 4.54. The molecule has 6 nitrogen and oxygen atoms in total. The summed E-state index contributed by atoms with van der Waals surface area (Å²) in [6.45, 7) is 6.12. The molecule has 0 saturated heterocycles. The van der Waals surface area contributed by atoms with Gasteiger partial charge in [0.1, 0.15) is 13.2 Å². The summed E-state index contributed by atoms with van der Waals surface area (Å²) in [5.74, 6) is -1.07. The van der Waals surface area contributed by atoms with Crippen LogP contribution in [0.4, 0.5) is 0 Å². The summed E-state index contributed by atoms with van der Waals surface area (Å²) in [5.41, 5.74) is 0. The topological polar surface area (TPSA) is 78.9 Å². The maximum Gasteiger partial charge on any atom is 0.306 e. The number of unbranched alkanes of at least 4 members (excludes halogenated alkanes) is 9. The molecule has 0 aliphatic heterocycles. The summed E-state index contributed by atoms with van der Waals surface area (Å²) >= 11 is 0. The van der Waals surface area contributed by atoms with Gasteiger partial charge in [-0.3, -0.25) is 14.4 Å². The number of esters is 3. The third kappa shape index (κ3) is 42.9. The molecule has 324 valence electrons. The van der Waals surface area contributed by atoms with Gasteiger partial charge >= 0.3 is 17.9 Å². The summed E-state index contributed by atoms with van der Waals surface area (Å²) in [7, 11) is 0. The summed E-state index contributed by atoms with van der Waals surface area (Å²) in [6, 6.07) is 0. The molecule has 0 aromatic carbocycles. The van der Waals surface area contributed by atoms with Crippen molar-refractivity contribution in [1.29, 1.82) is 0 Å². The third-order valence-corrected chi connectivity index (χ3v) is 8.77. The maximum absolute atomic E-state index is 12.7. The number of rotatable bonds is 38. The molecule has 0 bridgehead atoms. The summed E-state index contributed by atoms with van der Waals surface area (Å²) in [5, 5.41) is 0. The Morgan fingerprint density at radius 2 is 0.741 bits per heavy atom. The van der Waals surface area contributed by atoms with Gasteiger partial charge in [0.2, 0.25) is 0 Å². The first kappa shape index (κ1) is 53.8. The molecule has 1 unspecified atom stereocenters. The van der Waals surface area contributed by atoms with Crippen LogP contribution in [0.3, 0.4) is 0 Å². The molecule has 0 N–H and O–H groups in total. The van der Waals surface area contributed by atoms with E-state index in [1.165, 1.54) is 19.3 Å². The van der Waals surface area contributed by atoms with Crippen LogP contribution < -0.4 is 0 Å². The predicted molar refractivity (Wildman–Crippen MR) is 246 cm³/mol. The molecule has 58 heavy (non-hydrogen) atoms. The lowest BCUT2D eigenvalue weighted by atomic mass is 10.1. The average Bonchev–Trinajstić information content (AvgIpc) is 3.22. The Kier molecular flexibility index (Phi) is 42.2. The summed E-state index contributed by atoms with van der Waals surface area (Å²) in [4.78, 5) is 37.7. The van der Waals surface area contributed by atoms with Gasteiger partial charge in [0.15, 0.2) is 6.10 Å². The quantitative estimate of drug-likeness (QED) is 0.0203. The van der Waals surface area contributed by atoms with Crippen LogP contribution in [0.15, 0.2) is 122 Å². The zero-order valence-corrected chi connectivity index (χ0v) is 36.8. The van der Waals surface area contributed by atoms with Gasteiger partial charge in [0.05, 0.1) is 0 Å². The Hall–Kier alpha value is -4.19. The van der Waals surface area contributed by atoms with Gasteiger partial charge in [-0.1, -0.05) is 174 Å². The van der Waals surface area contributed by atoms with E-state index in [-0.39, 0.29) is 44.0 Å². The molecule has 1 atom stereocenters. The Morgan fingerprint density at radius 1 is 0.362 bits per heavy atom. The summed E-state index contributed by atoms with van der Waals surface area (Å²) < 4.78 is 16.6. The van der Waals surface area contributed by atoms with Gasteiger partial charge in [0, 0.05) is 19.3 Å². The second-order valence-electron chi connectivity index (χ2n) is 14.2. The smallest absolute Gasteiger partial charge is 0.306 e. The van der Waals surface area contributed by atoms with Crippen LogP contribution in [0.25, 0.3) is 0 Å². The summed E-state index contributed by atoms with van der Waals surface area (Å²) in [6.07, 6.45) is 62.0. The predicted octanol–water partition coefficient (Wildman–Crippen LogP) is 14.6. The minimum absolute atomic E-state index is 0.127. The molecule has 0 amide bonds. The molecule has 0 saturated carbocycles. The van der Waals surface area contributed by atoms with Crippen molar-refractivity contribution in [1.82, 2.24) is 0 Å². The van der Waals surface area contributed by atoms with E-state index in [0.29, 0.717) is 12.8 Å². The molecule has 0 aliphatic rings. The molecule has 0 heterocycles. The minimum Gasteiger partial charge on any atom is -0.462 e. The van der Waals surface area contributed by atoms with Crippen LogP contribution >= 0.6 is 0 Å². The highest BCUT2D eigenvalue weighted by Gasteiger charge is 2.19. The van der Waals surface area contributed by atoms with Crippen molar-refractivity contribution in [2.75, 3.05) is 13.2 Å². The average molecular weight is 801 g/mol. The standard InChI is InChI=1S/C52H80O6/c1-4-7-10-13-16-19-21-23-25-27-28-30-33-36-39-42-45-51(54)57-48-49(47-56-50(53)44-41-38-35-32-18-15-12-9-6-3)58-52(55)46-43-40-37-34-31-29-26-24-22-20-17-14-11-8-5-2/h7-12,14,16-20,22-23,25,28,30,32,36,39,49H,4-6,13,15,21,24,26-27,29,31,33-35,37-38,40-48H2,1-3H3/b10-7-,11-8-,12-9-,17-14-,19-16-,22-20-,25-23-,30-28-,32-18-,39-36-. The van der Waals surface area contributed by atoms with E-state index in [1.807, 2.05) is 12.2 Å². The molecule has 0 aromatic heterocycles. The van der Waals surface area contributed by atoms with Crippen molar-refractivity contribution in [2.24, 2.45) is 0 Å². The molecule has 0 aromatic rings. The van der Waals surface area contributed by atoms with E-state index < -0.39 is 6.10 Å². The second kappa shape index (κ2) is 45.5. The monoisotopic (exact) mass is 801 g/mol. The van der Waals surface area contributed by atoms with E-state index in [4.69, 9.17) is 14.2 Å². The van der Waals surface area contributed by atoms with Gasteiger partial charge in [-0.15, -0.1) is 0 Å². The fourth-order valence-electron chi connectivity index (χ4n) is 5.47. The van der Waals surface area contributed by atoms with Gasteiger partial charge in [-0.25, -0.2) is 0 Å². The van der Waals surface area contributed by atoms with Crippen molar-refractivity contribution < 1.29 is 28.6 Å². The van der Waals surface area contributed by atoms with Crippen LogP contribution in [0, 0.1) is 0 Å². The van der Waals surface area contributed by atoms with Crippen LogP contribution in [-0.4, -0.2) is 37.2 Å². The van der Waals surface area contributed by atoms with E-state index in [1.54, 1.807) is 0 Å². The lowest BCUT2D eigenvalue weighted by Gasteiger charge is -2.18. The highest BCUT2D eigenvalue weighted by atomic mass is 16.6. The van der Waals surface area contributed by atoms with Crippen molar-refractivity contribution in [3.63, 3.8) is 0 Å². The molecule has 0 spiro atoms. The lowest BCUT2D eigenvalue weighted by molar-refractivity contribution is -0.166. The van der Waals surface area contributed by atoms with E-state index in [2.05, 4.69) is 130 Å². The number of hydrogen-bond acceptors (Lipinski definition) is 6. The number of ether oxygens (including phenoxy) is 3. The zero-order valence-electron chi connectivity index (χ0n) is 36.8. The van der Waals surface area contributed by atoms with Gasteiger partial charge in [-0.2, -0.15) is 0 Å². The largest absolute Gasteiger partial charge is 0.462 e. The molecule has 0 radical (unpaired) electrons. The van der Waals surface area contributed by atoms with Crippen LogP contribution in [0.5, 0.6) is 0 Å². The SMILES string of the molecule is CC\C=C/C=C\C=C/CCCCCCCCCC(=O)OC(COC(=O)CC/C=C\C/C=C\C/C=C\C/C=C\C/C=C\CC)COC(=O)CCCC/C=C\C/C=C\CC. The molecule has 0 aliphatic carbocycles. The normalized spacial score (nSPS) is 13.2. The lowest BCUT2D eigenvalue weighted by Crippen LogP contribution is -2.30. The van der Waals surface area contributed by atoms with Gasteiger partial charge in [0.25, 0.3) is 0 Å². The van der Waals surface area contributed by atoms with Gasteiger partial charge in [-0.05, 0) is 96.3 Å². The third-order valence-electron chi connectivity index (χ3n) is 8.77.